The normalized spacial score (nSPS) is 21.7. The second kappa shape index (κ2) is 2.86. The summed E-state index contributed by atoms with van der Waals surface area (Å²) in [6.07, 6.45) is 4.21. The molecular formula is C11H20O. The quantitative estimate of drug-likeness (QED) is 0.619. The third-order valence-electron chi connectivity index (χ3n) is 2.82. The van der Waals surface area contributed by atoms with E-state index in [4.69, 9.17) is 0 Å². The zero-order valence-electron chi connectivity index (χ0n) is 8.74. The van der Waals surface area contributed by atoms with E-state index in [1.54, 1.807) is 0 Å². The van der Waals surface area contributed by atoms with Crippen molar-refractivity contribution in [1.29, 1.82) is 0 Å². The molecule has 0 aromatic carbocycles. The Labute approximate surface area is 75.5 Å². The summed E-state index contributed by atoms with van der Waals surface area (Å²) in [6.45, 7) is 8.51. The molecule has 1 saturated carbocycles. The number of rotatable bonds is 2. The van der Waals surface area contributed by atoms with Crippen LogP contribution in [0.15, 0.2) is 0 Å². The Balaban J connectivity index is 2.49. The van der Waals surface area contributed by atoms with Crippen molar-refractivity contribution in [1.82, 2.24) is 0 Å². The van der Waals surface area contributed by atoms with Gasteiger partial charge < -0.3 is 0 Å². The molecule has 0 aromatic heterocycles. The Morgan fingerprint density at radius 2 is 1.83 bits per heavy atom. The number of carbonyl (C=O) groups is 1. The van der Waals surface area contributed by atoms with E-state index < -0.39 is 0 Å². The maximum atomic E-state index is 11.8. The maximum Gasteiger partial charge on any atom is 0.139 e. The number of ketones is 1. The van der Waals surface area contributed by atoms with Gasteiger partial charge >= 0.3 is 0 Å². The zero-order chi connectivity index (χ0) is 9.41. The fraction of sp³-hybridized carbons (Fsp3) is 0.909. The predicted octanol–water partition coefficient (Wildman–Crippen LogP) is 3.18. The predicted molar refractivity (Wildman–Crippen MR) is 51.0 cm³/mol. The van der Waals surface area contributed by atoms with Gasteiger partial charge in [0.1, 0.15) is 5.78 Å². The summed E-state index contributed by atoms with van der Waals surface area (Å²) in [4.78, 5) is 11.8. The van der Waals surface area contributed by atoms with Crippen LogP contribution in [0.25, 0.3) is 0 Å². The summed E-state index contributed by atoms with van der Waals surface area (Å²) in [6, 6.07) is 0. The van der Waals surface area contributed by atoms with E-state index in [1.807, 2.05) is 0 Å². The van der Waals surface area contributed by atoms with Crippen molar-refractivity contribution in [3.05, 3.63) is 0 Å². The van der Waals surface area contributed by atoms with Gasteiger partial charge in [-0.15, -0.1) is 0 Å². The van der Waals surface area contributed by atoms with Crippen molar-refractivity contribution < 1.29 is 4.79 Å². The third kappa shape index (κ3) is 2.09. The van der Waals surface area contributed by atoms with Crippen LogP contribution in [0.4, 0.5) is 0 Å². The van der Waals surface area contributed by atoms with Gasteiger partial charge in [-0.25, -0.2) is 0 Å². The van der Waals surface area contributed by atoms with E-state index in [2.05, 4.69) is 27.7 Å². The first-order valence-corrected chi connectivity index (χ1v) is 4.87. The molecule has 70 valence electrons. The molecule has 0 saturated heterocycles. The standard InChI is InChI=1S/C11H20O/c1-10(2,3)8-9(12)11(4)6-5-7-11/h5-8H2,1-4H3. The van der Waals surface area contributed by atoms with Crippen molar-refractivity contribution in [3.8, 4) is 0 Å². The first-order valence-electron chi connectivity index (χ1n) is 4.87. The van der Waals surface area contributed by atoms with Crippen LogP contribution in [0.2, 0.25) is 0 Å². The van der Waals surface area contributed by atoms with E-state index in [1.165, 1.54) is 6.42 Å². The highest BCUT2D eigenvalue weighted by Crippen LogP contribution is 2.43. The van der Waals surface area contributed by atoms with Crippen LogP contribution in [-0.4, -0.2) is 5.78 Å². The summed E-state index contributed by atoms with van der Waals surface area (Å²) in [7, 11) is 0. The van der Waals surface area contributed by atoms with Gasteiger partial charge in [-0.1, -0.05) is 34.1 Å². The van der Waals surface area contributed by atoms with Gasteiger partial charge in [-0.3, -0.25) is 4.79 Å². The number of hydrogen-bond donors (Lipinski definition) is 0. The van der Waals surface area contributed by atoms with Crippen LogP contribution in [0.5, 0.6) is 0 Å². The molecule has 0 aliphatic heterocycles. The Bertz CT molecular complexity index is 182. The van der Waals surface area contributed by atoms with Gasteiger partial charge in [0.05, 0.1) is 0 Å². The Kier molecular flexibility index (Phi) is 2.33. The number of Topliss-reactive ketones (excluding diaryl/α,β-unsaturated/α-hetero) is 1. The number of carbonyl (C=O) groups excluding carboxylic acids is 1. The summed E-state index contributed by atoms with van der Waals surface area (Å²) in [5, 5.41) is 0. The molecule has 12 heavy (non-hydrogen) atoms. The van der Waals surface area contributed by atoms with Gasteiger partial charge in [-0.05, 0) is 18.3 Å². The Morgan fingerprint density at radius 1 is 1.33 bits per heavy atom. The minimum Gasteiger partial charge on any atom is -0.299 e. The fourth-order valence-corrected chi connectivity index (χ4v) is 1.68. The molecule has 0 bridgehead atoms. The summed E-state index contributed by atoms with van der Waals surface area (Å²) < 4.78 is 0. The molecular weight excluding hydrogens is 148 g/mol. The van der Waals surface area contributed by atoms with Crippen LogP contribution in [0.3, 0.4) is 0 Å². The molecule has 1 fully saturated rings. The second-order valence-corrected chi connectivity index (χ2v) is 5.57. The molecule has 1 rings (SSSR count). The highest BCUT2D eigenvalue weighted by atomic mass is 16.1. The van der Waals surface area contributed by atoms with Crippen LogP contribution in [0, 0.1) is 10.8 Å². The highest BCUT2D eigenvalue weighted by molar-refractivity contribution is 5.85. The molecule has 1 aliphatic carbocycles. The monoisotopic (exact) mass is 168 g/mol. The molecule has 0 unspecified atom stereocenters. The summed E-state index contributed by atoms with van der Waals surface area (Å²) in [5.74, 6) is 0.473. The molecule has 0 radical (unpaired) electrons. The van der Waals surface area contributed by atoms with Crippen LogP contribution >= 0.6 is 0 Å². The first-order chi connectivity index (χ1) is 5.33. The summed E-state index contributed by atoms with van der Waals surface area (Å²) >= 11 is 0. The highest BCUT2D eigenvalue weighted by Gasteiger charge is 2.39. The molecule has 0 aromatic rings. The van der Waals surface area contributed by atoms with Crippen LogP contribution < -0.4 is 0 Å². The minimum atomic E-state index is 0.0489. The van der Waals surface area contributed by atoms with E-state index in [9.17, 15) is 4.79 Å². The SMILES string of the molecule is CC(C)(C)CC(=O)C1(C)CCC1. The molecule has 0 heterocycles. The van der Waals surface area contributed by atoms with Crippen molar-refractivity contribution in [2.24, 2.45) is 10.8 Å². The fourth-order valence-electron chi connectivity index (χ4n) is 1.68. The molecule has 0 spiro atoms. The average Bonchev–Trinajstić information content (AvgIpc) is 1.78. The minimum absolute atomic E-state index is 0.0489. The molecule has 0 amide bonds. The zero-order valence-corrected chi connectivity index (χ0v) is 8.74. The van der Waals surface area contributed by atoms with E-state index in [0.29, 0.717) is 5.78 Å². The molecule has 1 heteroatoms. The van der Waals surface area contributed by atoms with Gasteiger partial charge in [0.25, 0.3) is 0 Å². The largest absolute Gasteiger partial charge is 0.299 e. The van der Waals surface area contributed by atoms with Crippen molar-refractivity contribution in [2.75, 3.05) is 0 Å². The van der Waals surface area contributed by atoms with Gasteiger partial charge in [-0.2, -0.15) is 0 Å². The van der Waals surface area contributed by atoms with Crippen molar-refractivity contribution in [2.45, 2.75) is 53.4 Å². The first kappa shape index (κ1) is 9.76. The van der Waals surface area contributed by atoms with Crippen molar-refractivity contribution >= 4 is 5.78 Å². The van der Waals surface area contributed by atoms with Crippen LogP contribution in [-0.2, 0) is 4.79 Å². The molecule has 0 N–H and O–H groups in total. The van der Waals surface area contributed by atoms with Crippen molar-refractivity contribution in [3.63, 3.8) is 0 Å². The lowest BCUT2D eigenvalue weighted by atomic mass is 9.65. The lowest BCUT2D eigenvalue weighted by Gasteiger charge is -2.38. The van der Waals surface area contributed by atoms with E-state index in [-0.39, 0.29) is 10.8 Å². The lowest BCUT2D eigenvalue weighted by molar-refractivity contribution is -0.134. The third-order valence-corrected chi connectivity index (χ3v) is 2.82. The topological polar surface area (TPSA) is 17.1 Å². The van der Waals surface area contributed by atoms with Gasteiger partial charge in [0.2, 0.25) is 0 Å². The molecule has 0 atom stereocenters. The van der Waals surface area contributed by atoms with Gasteiger partial charge in [0, 0.05) is 11.8 Å². The van der Waals surface area contributed by atoms with Gasteiger partial charge in [0.15, 0.2) is 0 Å². The maximum absolute atomic E-state index is 11.8. The number of hydrogen-bond acceptors (Lipinski definition) is 1. The van der Waals surface area contributed by atoms with E-state index >= 15 is 0 Å². The smallest absolute Gasteiger partial charge is 0.139 e. The average molecular weight is 168 g/mol. The molecule has 1 aliphatic rings. The lowest BCUT2D eigenvalue weighted by Crippen LogP contribution is -2.36. The second-order valence-electron chi connectivity index (χ2n) is 5.57. The summed E-state index contributed by atoms with van der Waals surface area (Å²) in [5.41, 5.74) is 0.211. The van der Waals surface area contributed by atoms with Crippen LogP contribution in [0.1, 0.15) is 53.4 Å². The van der Waals surface area contributed by atoms with E-state index in [0.717, 1.165) is 19.3 Å². The molecule has 1 nitrogen and oxygen atoms in total. The Hall–Kier alpha value is -0.330. The Morgan fingerprint density at radius 3 is 2.08 bits per heavy atom.